The van der Waals surface area contributed by atoms with Gasteiger partial charge < -0.3 is 25.5 Å². The Morgan fingerprint density at radius 1 is 1.00 bits per heavy atom. The zero-order valence-electron chi connectivity index (χ0n) is 15.8. The minimum atomic E-state index is -0.498. The SMILES string of the molecule is Nc1ccccc1-c1nc(C(=O)NCCCNC(=O)OCc2ccccc2)co1. The molecule has 0 saturated carbocycles. The molecule has 1 aromatic heterocycles. The minimum Gasteiger partial charge on any atom is -0.445 e. The number of amides is 2. The Hall–Kier alpha value is -3.81. The van der Waals surface area contributed by atoms with Gasteiger partial charge in [-0.3, -0.25) is 4.79 Å². The van der Waals surface area contributed by atoms with Gasteiger partial charge >= 0.3 is 6.09 Å². The standard InChI is InChI=1S/C21H22N4O4/c22-17-10-5-4-9-16(17)20-25-18(14-28-20)19(26)23-11-6-12-24-21(27)29-13-15-7-2-1-3-8-15/h1-5,7-10,14H,6,11-13,22H2,(H,23,26)(H,24,27). The van der Waals surface area contributed by atoms with Crippen molar-refractivity contribution >= 4 is 17.7 Å². The normalized spacial score (nSPS) is 10.3. The number of nitrogens with zero attached hydrogens (tertiary/aromatic N) is 1. The number of nitrogens with two attached hydrogens (primary N) is 1. The van der Waals surface area contributed by atoms with Crippen LogP contribution in [0.4, 0.5) is 10.5 Å². The maximum Gasteiger partial charge on any atom is 0.407 e. The lowest BCUT2D eigenvalue weighted by molar-refractivity contribution is 0.0948. The number of nitrogens with one attached hydrogen (secondary N) is 2. The van der Waals surface area contributed by atoms with Gasteiger partial charge in [0, 0.05) is 18.8 Å². The summed E-state index contributed by atoms with van der Waals surface area (Å²) < 4.78 is 10.5. The Balaban J connectivity index is 1.35. The molecule has 1 heterocycles. The van der Waals surface area contributed by atoms with Crippen LogP contribution < -0.4 is 16.4 Å². The molecule has 2 aromatic carbocycles. The molecule has 8 heteroatoms. The van der Waals surface area contributed by atoms with E-state index >= 15 is 0 Å². The van der Waals surface area contributed by atoms with Gasteiger partial charge in [0.1, 0.15) is 12.9 Å². The van der Waals surface area contributed by atoms with E-state index in [-0.39, 0.29) is 24.1 Å². The van der Waals surface area contributed by atoms with Crippen molar-refractivity contribution in [2.24, 2.45) is 0 Å². The molecule has 3 rings (SSSR count). The zero-order chi connectivity index (χ0) is 20.5. The molecule has 8 nitrogen and oxygen atoms in total. The summed E-state index contributed by atoms with van der Waals surface area (Å²) in [5, 5.41) is 5.36. The second kappa shape index (κ2) is 9.93. The summed E-state index contributed by atoms with van der Waals surface area (Å²) in [4.78, 5) is 28.0. The summed E-state index contributed by atoms with van der Waals surface area (Å²) in [7, 11) is 0. The monoisotopic (exact) mass is 394 g/mol. The smallest absolute Gasteiger partial charge is 0.407 e. The summed E-state index contributed by atoms with van der Waals surface area (Å²) in [5.74, 6) is -0.0720. The van der Waals surface area contributed by atoms with E-state index in [0.717, 1.165) is 5.56 Å². The number of hydrogen-bond acceptors (Lipinski definition) is 6. The highest BCUT2D eigenvalue weighted by Gasteiger charge is 2.14. The first-order valence-electron chi connectivity index (χ1n) is 9.16. The maximum absolute atomic E-state index is 12.2. The van der Waals surface area contributed by atoms with E-state index in [1.54, 1.807) is 18.2 Å². The number of hydrogen-bond donors (Lipinski definition) is 3. The molecule has 0 bridgehead atoms. The Morgan fingerprint density at radius 3 is 2.52 bits per heavy atom. The van der Waals surface area contributed by atoms with Crippen molar-refractivity contribution < 1.29 is 18.7 Å². The quantitative estimate of drug-likeness (QED) is 0.399. The molecule has 0 aliphatic heterocycles. The molecule has 4 N–H and O–H groups in total. The molecule has 0 fully saturated rings. The number of carbonyl (C=O) groups is 2. The van der Waals surface area contributed by atoms with E-state index in [9.17, 15) is 9.59 Å². The van der Waals surface area contributed by atoms with Gasteiger partial charge in [0.15, 0.2) is 5.69 Å². The van der Waals surface area contributed by atoms with Crippen LogP contribution in [0, 0.1) is 0 Å². The molecule has 3 aromatic rings. The number of anilines is 1. The molecule has 0 radical (unpaired) electrons. The molecule has 0 atom stereocenters. The number of nitrogen functional groups attached to an aromatic ring is 1. The molecular weight excluding hydrogens is 372 g/mol. The van der Waals surface area contributed by atoms with Crippen molar-refractivity contribution in [3.05, 3.63) is 72.1 Å². The molecular formula is C21H22N4O4. The molecule has 0 aliphatic carbocycles. The molecule has 0 saturated heterocycles. The van der Waals surface area contributed by atoms with Gasteiger partial charge in [-0.15, -0.1) is 0 Å². The average Bonchev–Trinajstić information content (AvgIpc) is 3.23. The van der Waals surface area contributed by atoms with Crippen LogP contribution in [0.25, 0.3) is 11.5 Å². The largest absolute Gasteiger partial charge is 0.445 e. The fraction of sp³-hybridized carbons (Fsp3) is 0.190. The van der Waals surface area contributed by atoms with Crippen LogP contribution in [-0.2, 0) is 11.3 Å². The maximum atomic E-state index is 12.2. The lowest BCUT2D eigenvalue weighted by Crippen LogP contribution is -2.30. The fourth-order valence-corrected chi connectivity index (χ4v) is 2.54. The first kappa shape index (κ1) is 19.9. The Morgan fingerprint density at radius 2 is 1.72 bits per heavy atom. The van der Waals surface area contributed by atoms with Crippen LogP contribution >= 0.6 is 0 Å². The predicted molar refractivity (Wildman–Crippen MR) is 108 cm³/mol. The lowest BCUT2D eigenvalue weighted by atomic mass is 10.2. The number of aromatic nitrogens is 1. The number of carbonyl (C=O) groups excluding carboxylic acids is 2. The number of oxazole rings is 1. The number of alkyl carbamates (subject to hydrolysis) is 1. The highest BCUT2D eigenvalue weighted by Crippen LogP contribution is 2.24. The zero-order valence-corrected chi connectivity index (χ0v) is 15.8. The van der Waals surface area contributed by atoms with Crippen LogP contribution in [0.2, 0.25) is 0 Å². The van der Waals surface area contributed by atoms with Crippen molar-refractivity contribution in [2.75, 3.05) is 18.8 Å². The van der Waals surface area contributed by atoms with Gasteiger partial charge in [0.05, 0.1) is 5.56 Å². The van der Waals surface area contributed by atoms with Crippen molar-refractivity contribution in [3.8, 4) is 11.5 Å². The predicted octanol–water partition coefficient (Wildman–Crippen LogP) is 2.97. The van der Waals surface area contributed by atoms with Crippen molar-refractivity contribution in [1.82, 2.24) is 15.6 Å². The van der Waals surface area contributed by atoms with Gasteiger partial charge in [-0.1, -0.05) is 42.5 Å². The minimum absolute atomic E-state index is 0.165. The van der Waals surface area contributed by atoms with E-state index in [2.05, 4.69) is 15.6 Å². The number of para-hydroxylation sites is 1. The van der Waals surface area contributed by atoms with Crippen LogP contribution in [0.15, 0.2) is 65.3 Å². The van der Waals surface area contributed by atoms with Crippen molar-refractivity contribution in [2.45, 2.75) is 13.0 Å². The molecule has 29 heavy (non-hydrogen) atoms. The van der Waals surface area contributed by atoms with Crippen molar-refractivity contribution in [3.63, 3.8) is 0 Å². The van der Waals surface area contributed by atoms with Gasteiger partial charge in [0.2, 0.25) is 5.89 Å². The van der Waals surface area contributed by atoms with Crippen molar-refractivity contribution in [1.29, 1.82) is 0 Å². The summed E-state index contributed by atoms with van der Waals surface area (Å²) in [6.07, 6.45) is 1.33. The second-order valence-corrected chi connectivity index (χ2v) is 6.22. The van der Waals surface area contributed by atoms with Crippen LogP contribution in [0.5, 0.6) is 0 Å². The number of rotatable bonds is 8. The third-order valence-electron chi connectivity index (χ3n) is 4.05. The second-order valence-electron chi connectivity index (χ2n) is 6.22. The van der Waals surface area contributed by atoms with Gasteiger partial charge in [0.25, 0.3) is 5.91 Å². The Kier molecular flexibility index (Phi) is 6.83. The van der Waals surface area contributed by atoms with E-state index in [1.807, 2.05) is 36.4 Å². The first-order chi connectivity index (χ1) is 14.1. The van der Waals surface area contributed by atoms with Gasteiger partial charge in [-0.25, -0.2) is 9.78 Å². The van der Waals surface area contributed by atoms with Crippen LogP contribution in [0.1, 0.15) is 22.5 Å². The van der Waals surface area contributed by atoms with Gasteiger partial charge in [-0.2, -0.15) is 0 Å². The van der Waals surface area contributed by atoms with Gasteiger partial charge in [-0.05, 0) is 24.1 Å². The van der Waals surface area contributed by atoms with Crippen LogP contribution in [-0.4, -0.2) is 30.1 Å². The lowest BCUT2D eigenvalue weighted by Gasteiger charge is -2.07. The summed E-state index contributed by atoms with van der Waals surface area (Å²) in [6.45, 7) is 0.954. The summed E-state index contributed by atoms with van der Waals surface area (Å²) >= 11 is 0. The molecule has 150 valence electrons. The third-order valence-corrected chi connectivity index (χ3v) is 4.05. The highest BCUT2D eigenvalue weighted by atomic mass is 16.5. The molecule has 0 spiro atoms. The number of ether oxygens (including phenoxy) is 1. The van der Waals surface area contributed by atoms with E-state index in [0.29, 0.717) is 30.8 Å². The van der Waals surface area contributed by atoms with E-state index in [4.69, 9.17) is 14.9 Å². The third kappa shape index (κ3) is 5.83. The summed E-state index contributed by atoms with van der Waals surface area (Å²) in [6, 6.07) is 16.5. The first-order valence-corrected chi connectivity index (χ1v) is 9.16. The Labute approximate surface area is 168 Å². The topological polar surface area (TPSA) is 119 Å². The fourth-order valence-electron chi connectivity index (χ4n) is 2.54. The Bertz CT molecular complexity index is 956. The molecule has 2 amide bonds. The van der Waals surface area contributed by atoms with E-state index in [1.165, 1.54) is 6.26 Å². The summed E-state index contributed by atoms with van der Waals surface area (Å²) in [5.41, 5.74) is 8.12. The highest BCUT2D eigenvalue weighted by molar-refractivity contribution is 5.92. The van der Waals surface area contributed by atoms with Crippen LogP contribution in [0.3, 0.4) is 0 Å². The van der Waals surface area contributed by atoms with E-state index < -0.39 is 6.09 Å². The molecule has 0 unspecified atom stereocenters. The average molecular weight is 394 g/mol. The molecule has 0 aliphatic rings. The number of benzene rings is 2.